The molecule has 0 spiro atoms. The van der Waals surface area contributed by atoms with Gasteiger partial charge in [-0.15, -0.1) is 0 Å². The third-order valence-corrected chi connectivity index (χ3v) is 4.98. The molecule has 0 saturated carbocycles. The topological polar surface area (TPSA) is 84.5 Å². The first kappa shape index (κ1) is 18.3. The van der Waals surface area contributed by atoms with Crippen molar-refractivity contribution < 1.29 is 17.9 Å². The van der Waals surface area contributed by atoms with E-state index in [0.717, 1.165) is 0 Å². The Morgan fingerprint density at radius 2 is 1.83 bits per heavy atom. The van der Waals surface area contributed by atoms with E-state index in [1.165, 1.54) is 32.2 Å². The molecule has 0 radical (unpaired) electrons. The van der Waals surface area contributed by atoms with Crippen molar-refractivity contribution in [1.29, 1.82) is 0 Å². The maximum atomic E-state index is 12.5. The van der Waals surface area contributed by atoms with Crippen LogP contribution in [0.4, 0.5) is 5.69 Å². The van der Waals surface area contributed by atoms with Crippen molar-refractivity contribution in [2.45, 2.75) is 17.9 Å². The molecule has 2 rings (SSSR count). The number of sulfonamides is 1. The van der Waals surface area contributed by atoms with Gasteiger partial charge in [0.1, 0.15) is 10.6 Å². The highest BCUT2D eigenvalue weighted by atomic mass is 35.5. The van der Waals surface area contributed by atoms with Crippen molar-refractivity contribution in [3.05, 3.63) is 53.6 Å². The van der Waals surface area contributed by atoms with E-state index in [9.17, 15) is 13.2 Å². The zero-order valence-electron chi connectivity index (χ0n) is 13.1. The van der Waals surface area contributed by atoms with Crippen LogP contribution in [0.1, 0.15) is 6.92 Å². The minimum atomic E-state index is -3.98. The Balaban J connectivity index is 2.16. The van der Waals surface area contributed by atoms with Crippen LogP contribution in [0.5, 0.6) is 5.75 Å². The van der Waals surface area contributed by atoms with Crippen LogP contribution in [0.2, 0.25) is 5.02 Å². The Morgan fingerprint density at radius 1 is 1.17 bits per heavy atom. The molecule has 0 heterocycles. The van der Waals surface area contributed by atoms with Gasteiger partial charge in [0.25, 0.3) is 0 Å². The zero-order valence-corrected chi connectivity index (χ0v) is 14.7. The molecule has 0 aliphatic rings. The average Bonchev–Trinajstić information content (AvgIpc) is 2.55. The number of hydrogen-bond donors (Lipinski definition) is 2. The SMILES string of the molecule is COc1ccc(Cl)cc1S(=O)(=O)N[C@@H](C)C(=O)Nc1ccccc1. The number of carbonyl (C=O) groups is 1. The van der Waals surface area contributed by atoms with Gasteiger partial charge in [0.2, 0.25) is 15.9 Å². The zero-order chi connectivity index (χ0) is 17.7. The number of rotatable bonds is 6. The van der Waals surface area contributed by atoms with Crippen LogP contribution in [0, 0.1) is 0 Å². The molecule has 0 saturated heterocycles. The molecule has 2 N–H and O–H groups in total. The standard InChI is InChI=1S/C16H17ClN2O4S/c1-11(16(20)18-13-6-4-3-5-7-13)19-24(21,22)15-10-12(17)8-9-14(15)23-2/h3-11,19H,1-2H3,(H,18,20)/t11-/m0/s1. The van der Waals surface area contributed by atoms with Crippen LogP contribution in [0.25, 0.3) is 0 Å². The van der Waals surface area contributed by atoms with E-state index in [0.29, 0.717) is 5.69 Å². The minimum absolute atomic E-state index is 0.128. The molecular formula is C16H17ClN2O4S. The van der Waals surface area contributed by atoms with Gasteiger partial charge in [-0.05, 0) is 37.3 Å². The predicted octanol–water partition coefficient (Wildman–Crippen LogP) is 2.65. The fourth-order valence-electron chi connectivity index (χ4n) is 1.98. The summed E-state index contributed by atoms with van der Waals surface area (Å²) in [6, 6.07) is 12.0. The summed E-state index contributed by atoms with van der Waals surface area (Å²) in [4.78, 5) is 12.0. The molecule has 6 nitrogen and oxygen atoms in total. The summed E-state index contributed by atoms with van der Waals surface area (Å²) < 4.78 is 32.4. The van der Waals surface area contributed by atoms with Crippen molar-refractivity contribution in [3.8, 4) is 5.75 Å². The monoisotopic (exact) mass is 368 g/mol. The fourth-order valence-corrected chi connectivity index (χ4v) is 3.62. The number of hydrogen-bond acceptors (Lipinski definition) is 4. The molecule has 128 valence electrons. The smallest absolute Gasteiger partial charge is 0.245 e. The summed E-state index contributed by atoms with van der Waals surface area (Å²) >= 11 is 5.86. The molecule has 2 aromatic carbocycles. The number of nitrogens with one attached hydrogen (secondary N) is 2. The van der Waals surface area contributed by atoms with Gasteiger partial charge in [-0.1, -0.05) is 29.8 Å². The molecule has 0 aromatic heterocycles. The van der Waals surface area contributed by atoms with E-state index in [1.807, 2.05) is 6.07 Å². The van der Waals surface area contributed by atoms with Crippen LogP contribution in [-0.2, 0) is 14.8 Å². The van der Waals surface area contributed by atoms with Crippen molar-refractivity contribution in [3.63, 3.8) is 0 Å². The maximum absolute atomic E-state index is 12.5. The Hall–Kier alpha value is -2.09. The summed E-state index contributed by atoms with van der Waals surface area (Å²) in [5.41, 5.74) is 0.578. The highest BCUT2D eigenvalue weighted by Crippen LogP contribution is 2.27. The van der Waals surface area contributed by atoms with Gasteiger partial charge in [-0.3, -0.25) is 4.79 Å². The molecular weight excluding hydrogens is 352 g/mol. The van der Waals surface area contributed by atoms with Gasteiger partial charge in [0.15, 0.2) is 0 Å². The summed E-state index contributed by atoms with van der Waals surface area (Å²) in [6.45, 7) is 1.45. The minimum Gasteiger partial charge on any atom is -0.495 e. The number of anilines is 1. The normalized spacial score (nSPS) is 12.5. The third kappa shape index (κ3) is 4.47. The van der Waals surface area contributed by atoms with Gasteiger partial charge in [-0.2, -0.15) is 4.72 Å². The molecule has 0 aliphatic heterocycles. The summed E-state index contributed by atoms with van der Waals surface area (Å²) in [6.07, 6.45) is 0. The molecule has 0 fully saturated rings. The first-order valence-corrected chi connectivity index (χ1v) is 8.91. The summed E-state index contributed by atoms with van der Waals surface area (Å²) in [5, 5.41) is 2.88. The Morgan fingerprint density at radius 3 is 2.46 bits per heavy atom. The molecule has 0 aliphatic carbocycles. The van der Waals surface area contributed by atoms with Gasteiger partial charge >= 0.3 is 0 Å². The third-order valence-electron chi connectivity index (χ3n) is 3.18. The van der Waals surface area contributed by atoms with E-state index in [1.54, 1.807) is 24.3 Å². The van der Waals surface area contributed by atoms with Gasteiger partial charge < -0.3 is 10.1 Å². The maximum Gasteiger partial charge on any atom is 0.245 e. The van der Waals surface area contributed by atoms with Crippen molar-refractivity contribution in [1.82, 2.24) is 4.72 Å². The van der Waals surface area contributed by atoms with E-state index >= 15 is 0 Å². The Kier molecular flexibility index (Phi) is 5.82. The second-order valence-electron chi connectivity index (χ2n) is 4.99. The van der Waals surface area contributed by atoms with Crippen LogP contribution in [-0.4, -0.2) is 27.5 Å². The van der Waals surface area contributed by atoms with E-state index < -0.39 is 22.0 Å². The molecule has 8 heteroatoms. The van der Waals surface area contributed by atoms with E-state index in [4.69, 9.17) is 16.3 Å². The number of amides is 1. The lowest BCUT2D eigenvalue weighted by atomic mass is 10.3. The van der Waals surface area contributed by atoms with Crippen molar-refractivity contribution in [2.24, 2.45) is 0 Å². The Labute approximate surface area is 145 Å². The number of ether oxygens (including phenoxy) is 1. The molecule has 24 heavy (non-hydrogen) atoms. The first-order chi connectivity index (χ1) is 11.3. The van der Waals surface area contributed by atoms with Gasteiger partial charge in [0, 0.05) is 10.7 Å². The summed E-state index contributed by atoms with van der Waals surface area (Å²) in [7, 11) is -2.63. The largest absolute Gasteiger partial charge is 0.495 e. The number of halogens is 1. The molecule has 1 amide bonds. The van der Waals surface area contributed by atoms with Crippen LogP contribution < -0.4 is 14.8 Å². The number of para-hydroxylation sites is 1. The van der Waals surface area contributed by atoms with Crippen LogP contribution in [0.3, 0.4) is 0 Å². The first-order valence-electron chi connectivity index (χ1n) is 7.05. The lowest BCUT2D eigenvalue weighted by Gasteiger charge is -2.16. The lowest BCUT2D eigenvalue weighted by Crippen LogP contribution is -2.41. The number of methoxy groups -OCH3 is 1. The molecule has 1 atom stereocenters. The van der Waals surface area contributed by atoms with Crippen molar-refractivity contribution >= 4 is 33.2 Å². The second kappa shape index (κ2) is 7.65. The number of benzene rings is 2. The van der Waals surface area contributed by atoms with Crippen LogP contribution >= 0.6 is 11.6 Å². The fraction of sp³-hybridized carbons (Fsp3) is 0.188. The molecule has 2 aromatic rings. The molecule has 0 unspecified atom stereocenters. The highest BCUT2D eigenvalue weighted by Gasteiger charge is 2.25. The van der Waals surface area contributed by atoms with Gasteiger partial charge in [-0.25, -0.2) is 8.42 Å². The lowest BCUT2D eigenvalue weighted by molar-refractivity contribution is -0.117. The van der Waals surface area contributed by atoms with E-state index in [2.05, 4.69) is 10.0 Å². The predicted molar refractivity (Wildman–Crippen MR) is 92.9 cm³/mol. The quantitative estimate of drug-likeness (QED) is 0.820. The summed E-state index contributed by atoms with van der Waals surface area (Å²) in [5.74, 6) is -0.340. The van der Waals surface area contributed by atoms with Crippen LogP contribution in [0.15, 0.2) is 53.4 Å². The average molecular weight is 369 g/mol. The van der Waals surface area contributed by atoms with Gasteiger partial charge in [0.05, 0.1) is 13.2 Å². The van der Waals surface area contributed by atoms with E-state index in [-0.39, 0.29) is 15.7 Å². The second-order valence-corrected chi connectivity index (χ2v) is 7.11. The number of carbonyl (C=O) groups excluding carboxylic acids is 1. The van der Waals surface area contributed by atoms with Crippen molar-refractivity contribution in [2.75, 3.05) is 12.4 Å². The Bertz CT molecular complexity index is 825. The highest BCUT2D eigenvalue weighted by molar-refractivity contribution is 7.89. The molecule has 0 bridgehead atoms.